The summed E-state index contributed by atoms with van der Waals surface area (Å²) in [7, 11) is 0. The third kappa shape index (κ3) is 2.99. The number of benzene rings is 1. The van der Waals surface area contributed by atoms with Gasteiger partial charge in [-0.05, 0) is 49.8 Å². The van der Waals surface area contributed by atoms with Crippen LogP contribution in [0.25, 0.3) is 0 Å². The summed E-state index contributed by atoms with van der Waals surface area (Å²) in [5.74, 6) is -0.130. The fraction of sp³-hybridized carbons (Fsp3) is 0.571. The lowest BCUT2D eigenvalue weighted by Crippen LogP contribution is -2.08. The summed E-state index contributed by atoms with van der Waals surface area (Å²) < 4.78 is 19.1. The second kappa shape index (κ2) is 5.36. The molecule has 0 amide bonds. The maximum Gasteiger partial charge on any atom is 0.129 e. The van der Waals surface area contributed by atoms with Gasteiger partial charge in [-0.25, -0.2) is 4.39 Å². The van der Waals surface area contributed by atoms with Crippen LogP contribution >= 0.6 is 11.6 Å². The molecule has 2 atom stereocenters. The number of hydrogen-bond donors (Lipinski definition) is 0. The monoisotopic (exact) mass is 256 g/mol. The van der Waals surface area contributed by atoms with Crippen LogP contribution in [0.1, 0.15) is 41.3 Å². The third-order valence-electron chi connectivity index (χ3n) is 3.31. The number of ether oxygens (including phenoxy) is 1. The van der Waals surface area contributed by atoms with Gasteiger partial charge in [0.2, 0.25) is 0 Å². The van der Waals surface area contributed by atoms with E-state index in [-0.39, 0.29) is 17.3 Å². The van der Waals surface area contributed by atoms with E-state index in [1.54, 1.807) is 13.8 Å². The Hall–Kier alpha value is -0.600. The molecule has 0 N–H and O–H groups in total. The molecule has 1 aliphatic heterocycles. The fourth-order valence-electron chi connectivity index (χ4n) is 2.36. The first kappa shape index (κ1) is 12.8. The van der Waals surface area contributed by atoms with Crippen LogP contribution in [0.15, 0.2) is 12.1 Å². The molecule has 1 aromatic rings. The second-order valence-electron chi connectivity index (χ2n) is 4.81. The molecule has 0 aliphatic carbocycles. The topological polar surface area (TPSA) is 9.23 Å². The number of hydrogen-bond acceptors (Lipinski definition) is 1. The minimum atomic E-state index is -0.130. The highest BCUT2D eigenvalue weighted by atomic mass is 35.5. The van der Waals surface area contributed by atoms with Crippen LogP contribution in [0.3, 0.4) is 0 Å². The van der Waals surface area contributed by atoms with Gasteiger partial charge in [0.1, 0.15) is 5.82 Å². The van der Waals surface area contributed by atoms with Crippen LogP contribution in [0.5, 0.6) is 0 Å². The highest BCUT2D eigenvalue weighted by molar-refractivity contribution is 6.20. The van der Waals surface area contributed by atoms with Gasteiger partial charge in [0.15, 0.2) is 0 Å². The molecule has 2 unspecified atom stereocenters. The molecule has 1 fully saturated rings. The maximum atomic E-state index is 13.5. The fourth-order valence-corrected chi connectivity index (χ4v) is 2.68. The van der Waals surface area contributed by atoms with Gasteiger partial charge in [-0.15, -0.1) is 11.6 Å². The lowest BCUT2D eigenvalue weighted by Gasteiger charge is -2.16. The Morgan fingerprint density at radius 1 is 1.41 bits per heavy atom. The molecule has 0 aromatic heterocycles. The Morgan fingerprint density at radius 3 is 2.59 bits per heavy atom. The molecule has 2 rings (SSSR count). The summed E-state index contributed by atoms with van der Waals surface area (Å²) in [6, 6.07) is 3.68. The molecule has 1 aromatic carbocycles. The van der Waals surface area contributed by atoms with E-state index < -0.39 is 0 Å². The molecular formula is C14H18ClFO. The third-order valence-corrected chi connectivity index (χ3v) is 3.74. The van der Waals surface area contributed by atoms with E-state index in [9.17, 15) is 4.39 Å². The van der Waals surface area contributed by atoms with Crippen LogP contribution in [-0.4, -0.2) is 12.7 Å². The van der Waals surface area contributed by atoms with Crippen LogP contribution in [0.4, 0.5) is 4.39 Å². The molecule has 0 bridgehead atoms. The van der Waals surface area contributed by atoms with Crippen molar-refractivity contribution in [1.82, 2.24) is 0 Å². The van der Waals surface area contributed by atoms with Crippen molar-refractivity contribution in [2.45, 2.75) is 44.6 Å². The van der Waals surface area contributed by atoms with Gasteiger partial charge in [-0.2, -0.15) is 0 Å². The lowest BCUT2D eigenvalue weighted by molar-refractivity contribution is 0.103. The van der Waals surface area contributed by atoms with Crippen molar-refractivity contribution in [3.8, 4) is 0 Å². The van der Waals surface area contributed by atoms with Crippen molar-refractivity contribution in [3.63, 3.8) is 0 Å². The number of alkyl halides is 1. The van der Waals surface area contributed by atoms with Crippen LogP contribution in [0, 0.1) is 19.7 Å². The number of halogens is 2. The summed E-state index contributed by atoms with van der Waals surface area (Å²) in [6.07, 6.45) is 3.28. The molecule has 1 heterocycles. The van der Waals surface area contributed by atoms with Crippen molar-refractivity contribution < 1.29 is 9.13 Å². The van der Waals surface area contributed by atoms with Crippen molar-refractivity contribution in [2.75, 3.05) is 6.61 Å². The zero-order valence-electron chi connectivity index (χ0n) is 10.3. The second-order valence-corrected chi connectivity index (χ2v) is 5.33. The molecule has 3 heteroatoms. The van der Waals surface area contributed by atoms with Gasteiger partial charge in [-0.1, -0.05) is 12.1 Å². The van der Waals surface area contributed by atoms with Crippen molar-refractivity contribution in [2.24, 2.45) is 0 Å². The van der Waals surface area contributed by atoms with Crippen LogP contribution in [-0.2, 0) is 4.74 Å². The lowest BCUT2D eigenvalue weighted by atomic mass is 10.00. The van der Waals surface area contributed by atoms with E-state index in [4.69, 9.17) is 16.3 Å². The Morgan fingerprint density at radius 2 is 2.06 bits per heavy atom. The van der Waals surface area contributed by atoms with Gasteiger partial charge in [-0.3, -0.25) is 0 Å². The van der Waals surface area contributed by atoms with Gasteiger partial charge < -0.3 is 4.74 Å². The summed E-state index contributed by atoms with van der Waals surface area (Å²) in [5.41, 5.74) is 2.33. The Labute approximate surface area is 107 Å². The van der Waals surface area contributed by atoms with E-state index in [1.807, 2.05) is 12.1 Å². The normalized spacial score (nSPS) is 21.8. The quantitative estimate of drug-likeness (QED) is 0.733. The van der Waals surface area contributed by atoms with Crippen molar-refractivity contribution in [3.05, 3.63) is 34.6 Å². The summed E-state index contributed by atoms with van der Waals surface area (Å²) in [6.45, 7) is 4.40. The van der Waals surface area contributed by atoms with E-state index in [0.29, 0.717) is 11.1 Å². The Balaban J connectivity index is 2.10. The van der Waals surface area contributed by atoms with Gasteiger partial charge in [0.25, 0.3) is 0 Å². The zero-order valence-corrected chi connectivity index (χ0v) is 11.1. The van der Waals surface area contributed by atoms with Gasteiger partial charge in [0, 0.05) is 6.61 Å². The largest absolute Gasteiger partial charge is 0.378 e. The smallest absolute Gasteiger partial charge is 0.129 e. The van der Waals surface area contributed by atoms with E-state index in [1.165, 1.54) is 0 Å². The average molecular weight is 257 g/mol. The van der Waals surface area contributed by atoms with Crippen molar-refractivity contribution in [1.29, 1.82) is 0 Å². The molecule has 0 spiro atoms. The number of aryl methyl sites for hydroxylation is 2. The molecular weight excluding hydrogens is 239 g/mol. The summed E-state index contributed by atoms with van der Waals surface area (Å²) in [4.78, 5) is 0. The first-order chi connectivity index (χ1) is 8.08. The molecule has 1 aliphatic rings. The first-order valence-corrected chi connectivity index (χ1v) is 6.54. The first-order valence-electron chi connectivity index (χ1n) is 6.10. The Kier molecular flexibility index (Phi) is 4.05. The van der Waals surface area contributed by atoms with E-state index in [2.05, 4.69) is 0 Å². The summed E-state index contributed by atoms with van der Waals surface area (Å²) >= 11 is 6.38. The maximum absolute atomic E-state index is 13.5. The van der Waals surface area contributed by atoms with Gasteiger partial charge in [0.05, 0.1) is 11.5 Å². The predicted molar refractivity (Wildman–Crippen MR) is 68.1 cm³/mol. The zero-order chi connectivity index (χ0) is 12.4. The minimum Gasteiger partial charge on any atom is -0.378 e. The molecule has 0 radical (unpaired) electrons. The molecule has 17 heavy (non-hydrogen) atoms. The molecule has 1 nitrogen and oxygen atoms in total. The Bertz CT molecular complexity index is 376. The van der Waals surface area contributed by atoms with E-state index in [0.717, 1.165) is 31.4 Å². The van der Waals surface area contributed by atoms with Crippen molar-refractivity contribution >= 4 is 11.6 Å². The van der Waals surface area contributed by atoms with Gasteiger partial charge >= 0.3 is 0 Å². The standard InChI is InChI=1S/C14H18ClFO/c1-9-6-11(7-10(2)14(9)16)13(15)8-12-4-3-5-17-12/h6-7,12-13H,3-5,8H2,1-2H3. The molecule has 94 valence electrons. The SMILES string of the molecule is Cc1cc(C(Cl)CC2CCCO2)cc(C)c1F. The molecule has 0 saturated carbocycles. The molecule has 1 saturated heterocycles. The highest BCUT2D eigenvalue weighted by Crippen LogP contribution is 2.31. The van der Waals surface area contributed by atoms with Crippen LogP contribution < -0.4 is 0 Å². The predicted octanol–water partition coefficient (Wildman–Crippen LogP) is 4.29. The van der Waals surface area contributed by atoms with Crippen LogP contribution in [0.2, 0.25) is 0 Å². The highest BCUT2D eigenvalue weighted by Gasteiger charge is 2.21. The average Bonchev–Trinajstić information content (AvgIpc) is 2.77. The number of rotatable bonds is 3. The summed E-state index contributed by atoms with van der Waals surface area (Å²) in [5, 5.41) is -0.0869. The van der Waals surface area contributed by atoms with E-state index >= 15 is 0 Å². The minimum absolute atomic E-state index is 0.0869.